The van der Waals surface area contributed by atoms with Crippen molar-refractivity contribution < 1.29 is 9.53 Å². The van der Waals surface area contributed by atoms with Gasteiger partial charge >= 0.3 is 0 Å². The number of rotatable bonds is 6. The first-order chi connectivity index (χ1) is 12.9. The van der Waals surface area contributed by atoms with Crippen LogP contribution in [0.2, 0.25) is 0 Å². The second kappa shape index (κ2) is 8.55. The normalized spacial score (nSPS) is 16.8. The van der Waals surface area contributed by atoms with Gasteiger partial charge in [0.25, 0.3) is 0 Å². The van der Waals surface area contributed by atoms with E-state index in [1.165, 1.54) is 5.56 Å². The maximum absolute atomic E-state index is 12.4. The molecule has 1 heterocycles. The third-order valence-electron chi connectivity index (χ3n) is 4.93. The maximum atomic E-state index is 12.4. The van der Waals surface area contributed by atoms with Crippen LogP contribution in [0.25, 0.3) is 0 Å². The van der Waals surface area contributed by atoms with E-state index in [4.69, 9.17) is 10.5 Å². The molecule has 3 rings (SSSR count). The van der Waals surface area contributed by atoms with Crippen LogP contribution < -0.4 is 10.5 Å². The Morgan fingerprint density at radius 2 is 1.56 bits per heavy atom. The van der Waals surface area contributed by atoms with E-state index in [-0.39, 0.29) is 11.9 Å². The summed E-state index contributed by atoms with van der Waals surface area (Å²) in [6, 6.07) is 20.5. The van der Waals surface area contributed by atoms with E-state index in [1.54, 1.807) is 13.8 Å². The molecule has 144 valence electrons. The molecule has 0 bridgehead atoms. The lowest BCUT2D eigenvalue weighted by atomic mass is 10.0. The van der Waals surface area contributed by atoms with Crippen LogP contribution in [0.1, 0.15) is 25.5 Å². The number of carbonyl (C=O) groups is 1. The van der Waals surface area contributed by atoms with Crippen LogP contribution >= 0.6 is 0 Å². The highest BCUT2D eigenvalue weighted by Gasteiger charge is 2.32. The molecule has 0 saturated carbocycles. The van der Waals surface area contributed by atoms with Crippen molar-refractivity contribution in [3.05, 3.63) is 66.2 Å². The van der Waals surface area contributed by atoms with Gasteiger partial charge in [-0.1, -0.05) is 48.5 Å². The molecule has 5 nitrogen and oxygen atoms in total. The predicted octanol–water partition coefficient (Wildman–Crippen LogP) is 2.69. The Morgan fingerprint density at radius 1 is 1.00 bits per heavy atom. The van der Waals surface area contributed by atoms with Crippen LogP contribution in [0.4, 0.5) is 0 Å². The van der Waals surface area contributed by atoms with Gasteiger partial charge in [-0.3, -0.25) is 9.69 Å². The summed E-state index contributed by atoms with van der Waals surface area (Å²) in [6.45, 7) is 7.09. The fourth-order valence-corrected chi connectivity index (χ4v) is 3.42. The van der Waals surface area contributed by atoms with E-state index in [0.717, 1.165) is 18.8 Å². The fraction of sp³-hybridized carbons (Fsp3) is 0.409. The summed E-state index contributed by atoms with van der Waals surface area (Å²) in [5.41, 5.74) is 6.39. The first-order valence-corrected chi connectivity index (χ1v) is 9.50. The minimum Gasteiger partial charge on any atom is -0.492 e. The number of piperazine rings is 1. The van der Waals surface area contributed by atoms with Crippen molar-refractivity contribution in [2.45, 2.75) is 25.4 Å². The summed E-state index contributed by atoms with van der Waals surface area (Å²) in [4.78, 5) is 16.7. The average molecular weight is 367 g/mol. The Morgan fingerprint density at radius 3 is 2.11 bits per heavy atom. The summed E-state index contributed by atoms with van der Waals surface area (Å²) in [5.74, 6) is 0.885. The van der Waals surface area contributed by atoms with Crippen molar-refractivity contribution in [3.63, 3.8) is 0 Å². The molecule has 0 aliphatic carbocycles. The molecule has 1 atom stereocenters. The number of hydrogen-bond acceptors (Lipinski definition) is 4. The molecule has 2 aromatic carbocycles. The highest BCUT2D eigenvalue weighted by atomic mass is 16.5. The van der Waals surface area contributed by atoms with Crippen LogP contribution in [0.3, 0.4) is 0 Å². The second-order valence-electron chi connectivity index (χ2n) is 7.60. The molecule has 1 saturated heterocycles. The van der Waals surface area contributed by atoms with E-state index >= 15 is 0 Å². The Bertz CT molecular complexity index is 720. The summed E-state index contributed by atoms with van der Waals surface area (Å²) >= 11 is 0. The quantitative estimate of drug-likeness (QED) is 0.853. The van der Waals surface area contributed by atoms with Crippen LogP contribution in [0.15, 0.2) is 60.7 Å². The number of ether oxygens (including phenoxy) is 1. The third-order valence-corrected chi connectivity index (χ3v) is 4.93. The highest BCUT2D eigenvalue weighted by molar-refractivity contribution is 5.85. The number of para-hydroxylation sites is 1. The van der Waals surface area contributed by atoms with Gasteiger partial charge < -0.3 is 15.4 Å². The lowest BCUT2D eigenvalue weighted by Gasteiger charge is -2.41. The summed E-state index contributed by atoms with van der Waals surface area (Å²) in [7, 11) is 0. The lowest BCUT2D eigenvalue weighted by molar-refractivity contribution is -0.138. The fourth-order valence-electron chi connectivity index (χ4n) is 3.42. The molecule has 2 N–H and O–H groups in total. The van der Waals surface area contributed by atoms with Crippen LogP contribution in [0.5, 0.6) is 5.75 Å². The van der Waals surface area contributed by atoms with Gasteiger partial charge in [0.15, 0.2) is 0 Å². The molecule has 1 unspecified atom stereocenters. The number of nitrogens with zero attached hydrogens (tertiary/aromatic N) is 2. The van der Waals surface area contributed by atoms with Crippen molar-refractivity contribution in [1.29, 1.82) is 0 Å². The molecule has 1 fully saturated rings. The number of benzene rings is 2. The first kappa shape index (κ1) is 19.4. The topological polar surface area (TPSA) is 58.8 Å². The van der Waals surface area contributed by atoms with E-state index in [2.05, 4.69) is 29.2 Å². The number of hydrogen-bond donors (Lipinski definition) is 1. The Labute approximate surface area is 161 Å². The maximum Gasteiger partial charge on any atom is 0.242 e. The molecule has 2 aromatic rings. The van der Waals surface area contributed by atoms with Crippen molar-refractivity contribution in [2.24, 2.45) is 5.73 Å². The van der Waals surface area contributed by atoms with E-state index < -0.39 is 5.54 Å². The smallest absolute Gasteiger partial charge is 0.242 e. The van der Waals surface area contributed by atoms with Crippen LogP contribution in [-0.4, -0.2) is 54.0 Å². The van der Waals surface area contributed by atoms with Gasteiger partial charge in [-0.15, -0.1) is 0 Å². The van der Waals surface area contributed by atoms with Crippen molar-refractivity contribution >= 4 is 5.91 Å². The Hall–Kier alpha value is -2.37. The molecule has 0 radical (unpaired) electrons. The minimum atomic E-state index is -0.822. The molecular formula is C22H29N3O2. The molecule has 27 heavy (non-hydrogen) atoms. The van der Waals surface area contributed by atoms with Gasteiger partial charge in [0.1, 0.15) is 12.4 Å². The monoisotopic (exact) mass is 367 g/mol. The lowest BCUT2D eigenvalue weighted by Crippen LogP contribution is -2.57. The molecule has 5 heteroatoms. The van der Waals surface area contributed by atoms with Crippen molar-refractivity contribution in [2.75, 3.05) is 32.8 Å². The van der Waals surface area contributed by atoms with Gasteiger partial charge in [-0.2, -0.15) is 0 Å². The summed E-state index contributed by atoms with van der Waals surface area (Å²) in [6.07, 6.45) is 0. The van der Waals surface area contributed by atoms with Gasteiger partial charge in [0.05, 0.1) is 11.6 Å². The zero-order chi connectivity index (χ0) is 19.3. The largest absolute Gasteiger partial charge is 0.492 e. The average Bonchev–Trinajstić information content (AvgIpc) is 2.69. The molecular weight excluding hydrogens is 338 g/mol. The van der Waals surface area contributed by atoms with Crippen molar-refractivity contribution in [1.82, 2.24) is 9.80 Å². The number of amides is 1. The molecule has 1 aliphatic heterocycles. The summed E-state index contributed by atoms with van der Waals surface area (Å²) < 4.78 is 6.06. The van der Waals surface area contributed by atoms with Crippen LogP contribution in [0, 0.1) is 0 Å². The van der Waals surface area contributed by atoms with Gasteiger partial charge in [0, 0.05) is 26.2 Å². The van der Waals surface area contributed by atoms with E-state index in [0.29, 0.717) is 19.7 Å². The van der Waals surface area contributed by atoms with Crippen molar-refractivity contribution in [3.8, 4) is 5.75 Å². The second-order valence-corrected chi connectivity index (χ2v) is 7.60. The van der Waals surface area contributed by atoms with Crippen LogP contribution in [-0.2, 0) is 4.79 Å². The van der Waals surface area contributed by atoms with E-state index in [9.17, 15) is 4.79 Å². The summed E-state index contributed by atoms with van der Waals surface area (Å²) in [5, 5.41) is 0. The Kier molecular flexibility index (Phi) is 6.14. The minimum absolute atomic E-state index is 0.0129. The number of carbonyl (C=O) groups excluding carboxylic acids is 1. The number of nitrogens with two attached hydrogens (primary N) is 1. The zero-order valence-electron chi connectivity index (χ0n) is 16.2. The Balaban J connectivity index is 1.68. The van der Waals surface area contributed by atoms with E-state index in [1.807, 2.05) is 41.3 Å². The third kappa shape index (κ3) is 5.08. The molecule has 0 spiro atoms. The first-order valence-electron chi connectivity index (χ1n) is 9.50. The van der Waals surface area contributed by atoms with Gasteiger partial charge in [-0.05, 0) is 31.5 Å². The van der Waals surface area contributed by atoms with Gasteiger partial charge in [0.2, 0.25) is 5.91 Å². The van der Waals surface area contributed by atoms with Gasteiger partial charge in [-0.25, -0.2) is 0 Å². The molecule has 1 aliphatic rings. The molecule has 1 amide bonds. The predicted molar refractivity (Wildman–Crippen MR) is 108 cm³/mol. The molecule has 0 aromatic heterocycles. The SMILES string of the molecule is CC(C)(N)C(=O)N1CCN(C(COc2ccccc2)c2ccccc2)CC1. The zero-order valence-corrected chi connectivity index (χ0v) is 16.2. The standard InChI is InChI=1S/C22H29N3O2/c1-22(2,23)21(26)25-15-13-24(14-16-25)20(18-9-5-3-6-10-18)17-27-19-11-7-4-8-12-19/h3-12,20H,13-17,23H2,1-2H3. The highest BCUT2D eigenvalue weighted by Crippen LogP contribution is 2.24.